The fourth-order valence-electron chi connectivity index (χ4n) is 3.30. The van der Waals surface area contributed by atoms with Gasteiger partial charge in [-0.15, -0.1) is 0 Å². The molecule has 0 aromatic carbocycles. The highest BCUT2D eigenvalue weighted by Gasteiger charge is 2.27. The first-order chi connectivity index (χ1) is 10.3. The molecule has 1 atom stereocenters. The lowest BCUT2D eigenvalue weighted by atomic mass is 9.93. The Morgan fingerprint density at radius 3 is 2.86 bits per heavy atom. The minimum Gasteiger partial charge on any atom is -0.395 e. The molecule has 0 radical (unpaired) electrons. The van der Waals surface area contributed by atoms with E-state index in [-0.39, 0.29) is 12.5 Å². The lowest BCUT2D eigenvalue weighted by Crippen LogP contribution is -2.43. The monoisotopic (exact) mass is 291 g/mol. The van der Waals surface area contributed by atoms with E-state index >= 15 is 0 Å². The molecule has 21 heavy (non-hydrogen) atoms. The first kappa shape index (κ1) is 14.6. The molecule has 2 heterocycles. The van der Waals surface area contributed by atoms with E-state index in [4.69, 9.17) is 0 Å². The average Bonchev–Trinajstić information content (AvgIpc) is 3.07. The summed E-state index contributed by atoms with van der Waals surface area (Å²) in [7, 11) is 0. The third-order valence-corrected chi connectivity index (χ3v) is 4.73. The second kappa shape index (κ2) is 6.62. The van der Waals surface area contributed by atoms with Gasteiger partial charge < -0.3 is 19.9 Å². The fourth-order valence-corrected chi connectivity index (χ4v) is 3.30. The van der Waals surface area contributed by atoms with E-state index in [1.54, 1.807) is 4.90 Å². The van der Waals surface area contributed by atoms with Crippen molar-refractivity contribution in [3.8, 4) is 0 Å². The van der Waals surface area contributed by atoms with Gasteiger partial charge in [0.1, 0.15) is 5.69 Å². The van der Waals surface area contributed by atoms with Crippen LogP contribution in [0.2, 0.25) is 0 Å². The van der Waals surface area contributed by atoms with Crippen LogP contribution in [0.1, 0.15) is 48.6 Å². The predicted octanol–water partition coefficient (Wildman–Crippen LogP) is 1.40. The molecule has 1 saturated heterocycles. The van der Waals surface area contributed by atoms with E-state index in [1.165, 1.54) is 25.7 Å². The minimum absolute atomic E-state index is 0.0165. The van der Waals surface area contributed by atoms with E-state index < -0.39 is 0 Å². The zero-order chi connectivity index (χ0) is 14.7. The van der Waals surface area contributed by atoms with Crippen molar-refractivity contribution in [1.29, 1.82) is 0 Å². The number of amides is 1. The van der Waals surface area contributed by atoms with Crippen LogP contribution in [0, 0.1) is 0 Å². The number of aliphatic hydroxyl groups is 1. The Hall–Kier alpha value is -1.33. The van der Waals surface area contributed by atoms with Crippen LogP contribution in [0.4, 0.5) is 0 Å². The van der Waals surface area contributed by atoms with Crippen molar-refractivity contribution < 1.29 is 9.90 Å². The molecule has 5 heteroatoms. The largest absolute Gasteiger partial charge is 0.395 e. The Morgan fingerprint density at radius 2 is 2.24 bits per heavy atom. The third kappa shape index (κ3) is 3.14. The summed E-state index contributed by atoms with van der Waals surface area (Å²) >= 11 is 0. The third-order valence-electron chi connectivity index (χ3n) is 4.73. The normalized spacial score (nSPS) is 22.2. The molecule has 116 valence electrons. The van der Waals surface area contributed by atoms with Gasteiger partial charge in [0.2, 0.25) is 0 Å². The molecule has 2 N–H and O–H groups in total. The predicted molar refractivity (Wildman–Crippen MR) is 81.3 cm³/mol. The Kier molecular flexibility index (Phi) is 4.60. The number of aliphatic hydroxyl groups excluding tert-OH is 1. The summed E-state index contributed by atoms with van der Waals surface area (Å²) in [6.45, 7) is 2.15. The number of rotatable bonds is 6. The molecule has 5 nitrogen and oxygen atoms in total. The Morgan fingerprint density at radius 1 is 1.38 bits per heavy atom. The maximum Gasteiger partial charge on any atom is 0.270 e. The van der Waals surface area contributed by atoms with E-state index in [1.807, 2.05) is 18.3 Å². The standard InChI is InChI=1S/C16H25N3O2/c20-11-10-18(12-13-4-2-8-17-13)16(21)15-7-3-9-19(15)14-5-1-6-14/h3,7,9,13-14,17,20H,1-2,4-6,8,10-12H2. The Bertz CT molecular complexity index is 476. The summed E-state index contributed by atoms with van der Waals surface area (Å²) in [5.74, 6) is 0.0506. The van der Waals surface area contributed by atoms with Crippen LogP contribution in [0.25, 0.3) is 0 Å². The molecule has 1 unspecified atom stereocenters. The molecule has 1 aromatic rings. The Labute approximate surface area is 125 Å². The van der Waals surface area contributed by atoms with Gasteiger partial charge in [0.05, 0.1) is 6.61 Å². The minimum atomic E-state index is 0.0165. The van der Waals surface area contributed by atoms with Crippen molar-refractivity contribution in [2.45, 2.75) is 44.2 Å². The SMILES string of the molecule is O=C(c1cccn1C1CCC1)N(CCO)CC1CCCN1. The van der Waals surface area contributed by atoms with Crippen molar-refractivity contribution in [3.63, 3.8) is 0 Å². The fraction of sp³-hybridized carbons (Fsp3) is 0.688. The van der Waals surface area contributed by atoms with Gasteiger partial charge in [-0.25, -0.2) is 0 Å². The molecule has 2 fully saturated rings. The molecule has 1 aliphatic carbocycles. The molecular weight excluding hydrogens is 266 g/mol. The van der Waals surface area contributed by atoms with Crippen LogP contribution in [-0.2, 0) is 0 Å². The molecule has 3 rings (SSSR count). The summed E-state index contributed by atoms with van der Waals surface area (Å²) < 4.78 is 2.12. The number of carbonyl (C=O) groups is 1. The van der Waals surface area contributed by atoms with E-state index in [0.717, 1.165) is 18.7 Å². The average molecular weight is 291 g/mol. The van der Waals surface area contributed by atoms with Gasteiger partial charge in [-0.3, -0.25) is 4.79 Å². The van der Waals surface area contributed by atoms with Gasteiger partial charge in [0.15, 0.2) is 0 Å². The number of nitrogens with one attached hydrogen (secondary N) is 1. The van der Waals surface area contributed by atoms with E-state index in [0.29, 0.717) is 25.2 Å². The van der Waals surface area contributed by atoms with Crippen molar-refractivity contribution in [2.24, 2.45) is 0 Å². The van der Waals surface area contributed by atoms with Crippen LogP contribution in [-0.4, -0.2) is 52.8 Å². The highest BCUT2D eigenvalue weighted by molar-refractivity contribution is 5.93. The molecule has 1 aliphatic heterocycles. The van der Waals surface area contributed by atoms with Gasteiger partial charge in [-0.05, 0) is 50.8 Å². The van der Waals surface area contributed by atoms with Gasteiger partial charge >= 0.3 is 0 Å². The summed E-state index contributed by atoms with van der Waals surface area (Å²) in [5.41, 5.74) is 0.770. The highest BCUT2D eigenvalue weighted by atomic mass is 16.3. The van der Waals surface area contributed by atoms with E-state index in [9.17, 15) is 9.90 Å². The lowest BCUT2D eigenvalue weighted by molar-refractivity contribution is 0.0690. The molecule has 1 amide bonds. The zero-order valence-electron chi connectivity index (χ0n) is 12.5. The summed E-state index contributed by atoms with van der Waals surface area (Å²) in [6, 6.07) is 4.72. The molecule has 0 spiro atoms. The lowest BCUT2D eigenvalue weighted by Gasteiger charge is -2.31. The topological polar surface area (TPSA) is 57.5 Å². The maximum absolute atomic E-state index is 12.8. The number of hydrogen-bond donors (Lipinski definition) is 2. The second-order valence-electron chi connectivity index (χ2n) is 6.15. The first-order valence-corrected chi connectivity index (χ1v) is 8.10. The van der Waals surface area contributed by atoms with Crippen LogP contribution < -0.4 is 5.32 Å². The summed E-state index contributed by atoms with van der Waals surface area (Å²) in [4.78, 5) is 14.6. The van der Waals surface area contributed by atoms with Crippen LogP contribution in [0.15, 0.2) is 18.3 Å². The van der Waals surface area contributed by atoms with Crippen LogP contribution >= 0.6 is 0 Å². The van der Waals surface area contributed by atoms with Crippen molar-refractivity contribution in [3.05, 3.63) is 24.0 Å². The van der Waals surface area contributed by atoms with Crippen molar-refractivity contribution in [2.75, 3.05) is 26.2 Å². The molecular formula is C16H25N3O2. The molecule has 1 saturated carbocycles. The smallest absolute Gasteiger partial charge is 0.270 e. The van der Waals surface area contributed by atoms with Gasteiger partial charge in [0.25, 0.3) is 5.91 Å². The number of nitrogens with zero attached hydrogens (tertiary/aromatic N) is 2. The van der Waals surface area contributed by atoms with E-state index in [2.05, 4.69) is 9.88 Å². The van der Waals surface area contributed by atoms with Crippen molar-refractivity contribution in [1.82, 2.24) is 14.8 Å². The van der Waals surface area contributed by atoms with Gasteiger partial charge in [-0.1, -0.05) is 0 Å². The number of hydrogen-bond acceptors (Lipinski definition) is 3. The van der Waals surface area contributed by atoms with Gasteiger partial charge in [-0.2, -0.15) is 0 Å². The molecule has 1 aromatic heterocycles. The summed E-state index contributed by atoms with van der Waals surface area (Å²) in [6.07, 6.45) is 7.88. The number of carbonyl (C=O) groups excluding carboxylic acids is 1. The summed E-state index contributed by atoms with van der Waals surface area (Å²) in [5, 5.41) is 12.7. The molecule has 0 bridgehead atoms. The van der Waals surface area contributed by atoms with Crippen LogP contribution in [0.3, 0.4) is 0 Å². The Balaban J connectivity index is 1.71. The second-order valence-corrected chi connectivity index (χ2v) is 6.15. The molecule has 2 aliphatic rings. The maximum atomic E-state index is 12.8. The number of aromatic nitrogens is 1. The zero-order valence-corrected chi connectivity index (χ0v) is 12.5. The van der Waals surface area contributed by atoms with Crippen LogP contribution in [0.5, 0.6) is 0 Å². The van der Waals surface area contributed by atoms with Crippen molar-refractivity contribution >= 4 is 5.91 Å². The van der Waals surface area contributed by atoms with Gasteiger partial charge in [0, 0.05) is 31.4 Å². The first-order valence-electron chi connectivity index (χ1n) is 8.10. The quantitative estimate of drug-likeness (QED) is 0.833. The highest BCUT2D eigenvalue weighted by Crippen LogP contribution is 2.33.